The number of pyridine rings is 1. The number of hydrogen-bond donors (Lipinski definition) is 0. The minimum atomic E-state index is 0.0461. The zero-order valence-corrected chi connectivity index (χ0v) is 11.6. The van der Waals surface area contributed by atoms with Gasteiger partial charge in [0.25, 0.3) is 0 Å². The lowest BCUT2D eigenvalue weighted by Crippen LogP contribution is -2.02. The highest BCUT2D eigenvalue weighted by Gasteiger charge is 2.06. The Hall–Kier alpha value is -1.83. The van der Waals surface area contributed by atoms with Crippen LogP contribution in [0.4, 0.5) is 0 Å². The Morgan fingerprint density at radius 1 is 1.06 bits per heavy atom. The van der Waals surface area contributed by atoms with Gasteiger partial charge in [0, 0.05) is 12.4 Å². The van der Waals surface area contributed by atoms with E-state index < -0.39 is 0 Å². The molecule has 0 aliphatic carbocycles. The average Bonchev–Trinajstić information content (AvgIpc) is 2.42. The fourth-order valence-corrected chi connectivity index (χ4v) is 1.60. The second-order valence-corrected chi connectivity index (χ2v) is 3.86. The summed E-state index contributed by atoms with van der Waals surface area (Å²) < 4.78 is 5.85. The van der Waals surface area contributed by atoms with Gasteiger partial charge < -0.3 is 4.74 Å². The van der Waals surface area contributed by atoms with Crippen LogP contribution in [0.25, 0.3) is 0 Å². The molecule has 2 nitrogen and oxygen atoms in total. The van der Waals surface area contributed by atoms with E-state index >= 15 is 0 Å². The normalized spacial score (nSPS) is 11.1. The van der Waals surface area contributed by atoms with E-state index in [0.717, 1.165) is 11.3 Å². The second-order valence-electron chi connectivity index (χ2n) is 3.86. The van der Waals surface area contributed by atoms with Crippen LogP contribution in [-0.4, -0.2) is 4.98 Å². The van der Waals surface area contributed by atoms with Gasteiger partial charge in [-0.1, -0.05) is 26.0 Å². The van der Waals surface area contributed by atoms with Gasteiger partial charge in [0.2, 0.25) is 0 Å². The standard InChI is InChI=1S/C14H15NO.C2H6/c1-11-4-3-5-14(10-11)16-12(2)13-6-8-15-9-7-13;1-2/h3-10,12H,1-2H3;1-2H3. The van der Waals surface area contributed by atoms with Crippen molar-refractivity contribution < 1.29 is 4.74 Å². The van der Waals surface area contributed by atoms with Crippen LogP contribution in [0.2, 0.25) is 0 Å². The highest BCUT2D eigenvalue weighted by atomic mass is 16.5. The maximum absolute atomic E-state index is 5.85. The number of benzene rings is 1. The predicted octanol–water partition coefficient (Wildman–Crippen LogP) is 4.56. The Kier molecular flexibility index (Phi) is 5.92. The molecule has 1 atom stereocenters. The summed E-state index contributed by atoms with van der Waals surface area (Å²) in [5, 5.41) is 0. The molecule has 96 valence electrons. The zero-order chi connectivity index (χ0) is 13.4. The zero-order valence-electron chi connectivity index (χ0n) is 11.6. The van der Waals surface area contributed by atoms with Crippen LogP contribution < -0.4 is 4.74 Å². The van der Waals surface area contributed by atoms with Gasteiger partial charge >= 0.3 is 0 Å². The average molecular weight is 243 g/mol. The molecule has 2 aromatic rings. The quantitative estimate of drug-likeness (QED) is 0.788. The van der Waals surface area contributed by atoms with Gasteiger partial charge in [-0.25, -0.2) is 0 Å². The largest absolute Gasteiger partial charge is 0.486 e. The number of nitrogens with zero attached hydrogens (tertiary/aromatic N) is 1. The van der Waals surface area contributed by atoms with Gasteiger partial charge in [-0.15, -0.1) is 0 Å². The van der Waals surface area contributed by atoms with Crippen molar-refractivity contribution in [3.05, 3.63) is 59.9 Å². The van der Waals surface area contributed by atoms with Crippen molar-refractivity contribution in [1.29, 1.82) is 0 Å². The minimum absolute atomic E-state index is 0.0461. The molecule has 0 aliphatic heterocycles. The predicted molar refractivity (Wildman–Crippen MR) is 75.8 cm³/mol. The van der Waals surface area contributed by atoms with Gasteiger partial charge in [0.1, 0.15) is 11.9 Å². The number of ether oxygens (including phenoxy) is 1. The van der Waals surface area contributed by atoms with Gasteiger partial charge in [-0.05, 0) is 49.2 Å². The molecule has 1 unspecified atom stereocenters. The Labute approximate surface area is 110 Å². The Bertz CT molecular complexity index is 454. The second kappa shape index (κ2) is 7.49. The molecule has 1 aromatic heterocycles. The number of aryl methyl sites for hydroxylation is 1. The van der Waals surface area contributed by atoms with Crippen LogP contribution in [0, 0.1) is 6.92 Å². The molecule has 0 N–H and O–H groups in total. The number of rotatable bonds is 3. The molecule has 18 heavy (non-hydrogen) atoms. The molecule has 2 heteroatoms. The van der Waals surface area contributed by atoms with E-state index in [1.165, 1.54) is 5.56 Å². The first-order valence-corrected chi connectivity index (χ1v) is 6.39. The van der Waals surface area contributed by atoms with Gasteiger partial charge in [-0.3, -0.25) is 4.98 Å². The lowest BCUT2D eigenvalue weighted by molar-refractivity contribution is 0.226. The first-order valence-electron chi connectivity index (χ1n) is 6.39. The summed E-state index contributed by atoms with van der Waals surface area (Å²) in [4.78, 5) is 3.99. The molecule has 0 bridgehead atoms. The van der Waals surface area contributed by atoms with E-state index in [9.17, 15) is 0 Å². The van der Waals surface area contributed by atoms with Crippen molar-refractivity contribution in [3.63, 3.8) is 0 Å². The smallest absolute Gasteiger partial charge is 0.121 e. The first-order chi connectivity index (χ1) is 8.75. The third-order valence-electron chi connectivity index (χ3n) is 2.48. The SMILES string of the molecule is CC.Cc1cccc(OC(C)c2ccncc2)c1. The molecule has 0 fully saturated rings. The molecule has 1 aromatic carbocycles. The Morgan fingerprint density at radius 3 is 2.33 bits per heavy atom. The van der Waals surface area contributed by atoms with E-state index in [2.05, 4.69) is 18.0 Å². The van der Waals surface area contributed by atoms with Gasteiger partial charge in [-0.2, -0.15) is 0 Å². The first kappa shape index (κ1) is 14.2. The lowest BCUT2D eigenvalue weighted by atomic mass is 10.2. The van der Waals surface area contributed by atoms with E-state index in [1.807, 2.05) is 51.1 Å². The van der Waals surface area contributed by atoms with Crippen LogP contribution in [0.5, 0.6) is 5.75 Å². The molecule has 0 aliphatic rings. The Balaban J connectivity index is 0.000000771. The summed E-state index contributed by atoms with van der Waals surface area (Å²) in [5.41, 5.74) is 2.34. The highest BCUT2D eigenvalue weighted by Crippen LogP contribution is 2.21. The maximum Gasteiger partial charge on any atom is 0.121 e. The van der Waals surface area contributed by atoms with Crippen molar-refractivity contribution in [3.8, 4) is 5.75 Å². The summed E-state index contributed by atoms with van der Waals surface area (Å²) >= 11 is 0. The van der Waals surface area contributed by atoms with Gasteiger partial charge in [0.15, 0.2) is 0 Å². The summed E-state index contributed by atoms with van der Waals surface area (Å²) in [6, 6.07) is 12.0. The molecule has 0 amide bonds. The third-order valence-corrected chi connectivity index (χ3v) is 2.48. The fraction of sp³-hybridized carbons (Fsp3) is 0.312. The fourth-order valence-electron chi connectivity index (χ4n) is 1.60. The topological polar surface area (TPSA) is 22.1 Å². The minimum Gasteiger partial charge on any atom is -0.486 e. The van der Waals surface area contributed by atoms with Gasteiger partial charge in [0.05, 0.1) is 0 Å². The third kappa shape index (κ3) is 4.21. The van der Waals surface area contributed by atoms with Crippen molar-refractivity contribution in [2.24, 2.45) is 0 Å². The Morgan fingerprint density at radius 2 is 1.72 bits per heavy atom. The highest BCUT2D eigenvalue weighted by molar-refractivity contribution is 5.28. The molecule has 1 heterocycles. The molecule has 0 spiro atoms. The van der Waals surface area contributed by atoms with Crippen LogP contribution >= 0.6 is 0 Å². The monoisotopic (exact) mass is 243 g/mol. The summed E-state index contributed by atoms with van der Waals surface area (Å²) in [6.07, 6.45) is 3.61. The number of hydrogen-bond acceptors (Lipinski definition) is 2. The van der Waals surface area contributed by atoms with Crippen LogP contribution in [0.3, 0.4) is 0 Å². The maximum atomic E-state index is 5.85. The summed E-state index contributed by atoms with van der Waals surface area (Å²) in [5.74, 6) is 0.907. The van der Waals surface area contributed by atoms with Crippen LogP contribution in [0.15, 0.2) is 48.8 Å². The van der Waals surface area contributed by atoms with E-state index in [4.69, 9.17) is 4.74 Å². The lowest BCUT2D eigenvalue weighted by Gasteiger charge is -2.15. The molecule has 0 saturated heterocycles. The van der Waals surface area contributed by atoms with E-state index in [-0.39, 0.29) is 6.10 Å². The van der Waals surface area contributed by atoms with Crippen LogP contribution in [-0.2, 0) is 0 Å². The molecular weight excluding hydrogens is 222 g/mol. The van der Waals surface area contributed by atoms with E-state index in [1.54, 1.807) is 12.4 Å². The number of aromatic nitrogens is 1. The summed E-state index contributed by atoms with van der Waals surface area (Å²) in [6.45, 7) is 8.10. The van der Waals surface area contributed by atoms with Crippen molar-refractivity contribution in [2.45, 2.75) is 33.8 Å². The van der Waals surface area contributed by atoms with Crippen LogP contribution in [0.1, 0.15) is 38.0 Å². The van der Waals surface area contributed by atoms with E-state index in [0.29, 0.717) is 0 Å². The molecule has 0 saturated carbocycles. The van der Waals surface area contributed by atoms with Crippen molar-refractivity contribution >= 4 is 0 Å². The van der Waals surface area contributed by atoms with Crippen molar-refractivity contribution in [2.75, 3.05) is 0 Å². The summed E-state index contributed by atoms with van der Waals surface area (Å²) in [7, 11) is 0. The molecule has 0 radical (unpaired) electrons. The molecule has 2 rings (SSSR count). The van der Waals surface area contributed by atoms with Crippen molar-refractivity contribution in [1.82, 2.24) is 4.98 Å². The molecular formula is C16H21NO.